The summed E-state index contributed by atoms with van der Waals surface area (Å²) >= 11 is 0. The highest BCUT2D eigenvalue weighted by Gasteiger charge is 2.41. The van der Waals surface area contributed by atoms with E-state index in [1.807, 2.05) is 20.8 Å². The highest BCUT2D eigenvalue weighted by molar-refractivity contribution is 6.66. The summed E-state index contributed by atoms with van der Waals surface area (Å²) in [6, 6.07) is 0. The first kappa shape index (κ1) is 20.2. The Labute approximate surface area is 138 Å². The van der Waals surface area contributed by atoms with Crippen molar-refractivity contribution in [2.75, 3.05) is 52.4 Å². The smallest absolute Gasteiger partial charge is 0.349 e. The Balaban J connectivity index is 2.55. The lowest BCUT2D eigenvalue weighted by Gasteiger charge is -2.42. The van der Waals surface area contributed by atoms with Gasteiger partial charge in [0, 0.05) is 39.6 Å². The summed E-state index contributed by atoms with van der Waals surface area (Å²) in [6.07, 6.45) is 2.08. The van der Waals surface area contributed by atoms with E-state index in [4.69, 9.17) is 23.1 Å². The molecule has 2 unspecified atom stereocenters. The zero-order valence-electron chi connectivity index (χ0n) is 14.8. The maximum Gasteiger partial charge on any atom is 0.349 e. The lowest BCUT2D eigenvalue weighted by molar-refractivity contribution is -0.0838. The largest absolute Gasteiger partial charge is 0.394 e. The first-order valence-electron chi connectivity index (χ1n) is 8.33. The minimum atomic E-state index is -2.12. The molecule has 1 aliphatic rings. The van der Waals surface area contributed by atoms with E-state index in [0.717, 1.165) is 18.9 Å². The summed E-state index contributed by atoms with van der Waals surface area (Å²) in [7, 11) is -0.892. The molecular weight excluding hydrogens is 318 g/mol. The average Bonchev–Trinajstić information content (AvgIpc) is 2.45. The predicted octanol–water partition coefficient (Wildman–Crippen LogP) is 0.464. The highest BCUT2D eigenvalue weighted by atomic mass is 28.4. The molecule has 0 aliphatic carbocycles. The minimum Gasteiger partial charge on any atom is -0.394 e. The van der Waals surface area contributed by atoms with E-state index in [-0.39, 0.29) is 12.0 Å². The zero-order valence-corrected chi connectivity index (χ0v) is 17.2. The van der Waals surface area contributed by atoms with Gasteiger partial charge in [-0.2, -0.15) is 0 Å². The summed E-state index contributed by atoms with van der Waals surface area (Å²) in [4.78, 5) is 2.46. The van der Waals surface area contributed by atoms with Crippen molar-refractivity contribution in [3.63, 3.8) is 0 Å². The monoisotopic (exact) mass is 351 g/mol. The maximum atomic E-state index is 6.19. The van der Waals surface area contributed by atoms with Crippen LogP contribution in [0, 0.1) is 0 Å². The van der Waals surface area contributed by atoms with Gasteiger partial charge in [-0.1, -0.05) is 0 Å². The number of rotatable bonds is 11. The predicted molar refractivity (Wildman–Crippen MR) is 92.0 cm³/mol. The van der Waals surface area contributed by atoms with Crippen molar-refractivity contribution in [3.05, 3.63) is 0 Å². The fourth-order valence-electron chi connectivity index (χ4n) is 2.89. The number of ether oxygens (including phenoxy) is 3. The van der Waals surface area contributed by atoms with Crippen LogP contribution in [0.1, 0.15) is 20.8 Å². The van der Waals surface area contributed by atoms with Crippen LogP contribution in [0.2, 0.25) is 6.55 Å². The van der Waals surface area contributed by atoms with E-state index < -0.39 is 18.1 Å². The third-order valence-corrected chi connectivity index (χ3v) is 8.16. The van der Waals surface area contributed by atoms with Gasteiger partial charge in [0.1, 0.15) is 15.4 Å². The van der Waals surface area contributed by atoms with Crippen molar-refractivity contribution >= 4 is 18.1 Å². The minimum absolute atomic E-state index is 0.0127. The fourth-order valence-corrected chi connectivity index (χ4v) is 7.72. The lowest BCUT2D eigenvalue weighted by atomic mass is 10.3. The first-order chi connectivity index (χ1) is 10.6. The van der Waals surface area contributed by atoms with E-state index in [2.05, 4.69) is 11.4 Å². The Bertz CT molecular complexity index is 294. The van der Waals surface area contributed by atoms with Crippen LogP contribution >= 0.6 is 0 Å². The van der Waals surface area contributed by atoms with E-state index >= 15 is 0 Å². The van der Waals surface area contributed by atoms with E-state index in [9.17, 15) is 0 Å². The van der Waals surface area contributed by atoms with E-state index in [1.165, 1.54) is 0 Å². The van der Waals surface area contributed by atoms with Gasteiger partial charge in [0.15, 0.2) is 0 Å². The molecule has 2 atom stereocenters. The van der Waals surface area contributed by atoms with Gasteiger partial charge in [-0.3, -0.25) is 0 Å². The standard InChI is InChI=1S/C14H33NO5Si2/c1-6-17-14(18-7-2)21-11-15-9-13(10-16-4)20-22(5,12-15)19-8-3/h13-14H,6-12,21H2,1-5H3. The fraction of sp³-hybridized carbons (Fsp3) is 1.00. The molecule has 1 aliphatic heterocycles. The molecule has 8 heteroatoms. The van der Waals surface area contributed by atoms with Crippen LogP contribution < -0.4 is 0 Å². The maximum absolute atomic E-state index is 6.19. The Kier molecular flexibility index (Phi) is 10.0. The van der Waals surface area contributed by atoms with Crippen LogP contribution in [-0.2, 0) is 23.1 Å². The SMILES string of the molecule is CCOC(OCC)[SiH2]CN1CC(COC)O[Si](C)(OCC)C1. The van der Waals surface area contributed by atoms with Crippen LogP contribution in [0.4, 0.5) is 0 Å². The molecule has 0 aromatic heterocycles. The summed E-state index contributed by atoms with van der Waals surface area (Å²) in [5, 5.41) is 0. The summed E-state index contributed by atoms with van der Waals surface area (Å²) < 4.78 is 28.8. The normalized spacial score (nSPS) is 27.3. The number of methoxy groups -OCH3 is 1. The van der Waals surface area contributed by atoms with Crippen LogP contribution in [0.5, 0.6) is 0 Å². The second-order valence-corrected chi connectivity index (χ2v) is 10.4. The van der Waals surface area contributed by atoms with Crippen molar-refractivity contribution in [3.8, 4) is 0 Å². The van der Waals surface area contributed by atoms with Gasteiger partial charge in [-0.15, -0.1) is 0 Å². The summed E-state index contributed by atoms with van der Waals surface area (Å²) in [6.45, 7) is 11.8. The molecule has 0 amide bonds. The van der Waals surface area contributed by atoms with E-state index in [0.29, 0.717) is 26.4 Å². The van der Waals surface area contributed by atoms with E-state index in [1.54, 1.807) is 7.11 Å². The van der Waals surface area contributed by atoms with Crippen LogP contribution in [0.15, 0.2) is 0 Å². The lowest BCUT2D eigenvalue weighted by Crippen LogP contribution is -2.61. The second-order valence-electron chi connectivity index (χ2n) is 5.63. The van der Waals surface area contributed by atoms with Gasteiger partial charge in [-0.25, -0.2) is 0 Å². The van der Waals surface area contributed by atoms with Gasteiger partial charge < -0.3 is 28.0 Å². The number of nitrogens with zero attached hydrogens (tertiary/aromatic N) is 1. The molecule has 1 fully saturated rings. The van der Waals surface area contributed by atoms with Crippen molar-refractivity contribution in [1.82, 2.24) is 4.90 Å². The molecule has 1 heterocycles. The van der Waals surface area contributed by atoms with Gasteiger partial charge in [0.05, 0.1) is 12.7 Å². The Morgan fingerprint density at radius 1 is 1.23 bits per heavy atom. The van der Waals surface area contributed by atoms with Gasteiger partial charge in [-0.05, 0) is 33.5 Å². The second kappa shape index (κ2) is 10.9. The molecule has 0 spiro atoms. The summed E-state index contributed by atoms with van der Waals surface area (Å²) in [5.41, 5.74) is 0. The topological polar surface area (TPSA) is 49.4 Å². The molecule has 6 nitrogen and oxygen atoms in total. The van der Waals surface area contributed by atoms with Gasteiger partial charge in [0.25, 0.3) is 0 Å². The third kappa shape index (κ3) is 7.18. The Morgan fingerprint density at radius 3 is 2.45 bits per heavy atom. The molecule has 0 radical (unpaired) electrons. The third-order valence-electron chi connectivity index (χ3n) is 3.58. The van der Waals surface area contributed by atoms with Crippen LogP contribution in [-0.4, -0.2) is 87.4 Å². The number of hydrogen-bond donors (Lipinski definition) is 0. The Hall–Kier alpha value is 0.194. The highest BCUT2D eigenvalue weighted by Crippen LogP contribution is 2.19. The zero-order chi connectivity index (χ0) is 16.4. The number of hydrogen-bond acceptors (Lipinski definition) is 6. The quantitative estimate of drug-likeness (QED) is 0.398. The average molecular weight is 352 g/mol. The molecule has 0 aromatic rings. The summed E-state index contributed by atoms with van der Waals surface area (Å²) in [5.74, 6) is 0.0127. The van der Waals surface area contributed by atoms with Crippen molar-refractivity contribution in [1.29, 1.82) is 0 Å². The molecule has 1 rings (SSSR count). The van der Waals surface area contributed by atoms with Crippen molar-refractivity contribution in [2.45, 2.75) is 39.3 Å². The van der Waals surface area contributed by atoms with Crippen molar-refractivity contribution in [2.24, 2.45) is 0 Å². The van der Waals surface area contributed by atoms with Crippen molar-refractivity contribution < 1.29 is 23.1 Å². The molecular formula is C14H33NO5Si2. The van der Waals surface area contributed by atoms with Crippen LogP contribution in [0.3, 0.4) is 0 Å². The molecule has 1 saturated heterocycles. The van der Waals surface area contributed by atoms with Gasteiger partial charge >= 0.3 is 8.56 Å². The molecule has 0 bridgehead atoms. The Morgan fingerprint density at radius 2 is 1.91 bits per heavy atom. The molecule has 0 N–H and O–H groups in total. The molecule has 0 aromatic carbocycles. The molecule has 0 saturated carbocycles. The molecule has 132 valence electrons. The van der Waals surface area contributed by atoms with Gasteiger partial charge in [0.2, 0.25) is 0 Å². The van der Waals surface area contributed by atoms with Crippen LogP contribution in [0.25, 0.3) is 0 Å². The first-order valence-corrected chi connectivity index (χ1v) is 12.7. The molecule has 22 heavy (non-hydrogen) atoms.